The number of carboxylic acids is 1. The van der Waals surface area contributed by atoms with E-state index in [2.05, 4.69) is 46.0 Å². The van der Waals surface area contributed by atoms with E-state index < -0.39 is 5.97 Å². The molecule has 0 spiro atoms. The van der Waals surface area contributed by atoms with E-state index in [9.17, 15) is 9.90 Å². The van der Waals surface area contributed by atoms with Crippen molar-refractivity contribution in [1.82, 2.24) is 14.8 Å². The number of hydrogen-bond donors (Lipinski definition) is 2. The van der Waals surface area contributed by atoms with Crippen LogP contribution in [-0.4, -0.2) is 40.2 Å². The quantitative estimate of drug-likeness (QED) is 0.345. The Kier molecular flexibility index (Phi) is 9.12. The van der Waals surface area contributed by atoms with Crippen molar-refractivity contribution in [3.05, 3.63) is 93.3 Å². The van der Waals surface area contributed by atoms with Gasteiger partial charge in [0.1, 0.15) is 0 Å². The zero-order valence-electron chi connectivity index (χ0n) is 19.8. The fraction of sp³-hybridized carbons (Fsp3) is 0.370. The van der Waals surface area contributed by atoms with Crippen LogP contribution in [0.15, 0.2) is 54.6 Å². The Morgan fingerprint density at radius 3 is 2.36 bits per heavy atom. The SMILES string of the molecule is CCN(CCCNCc1c(C(=O)O)c(C)n(Cc2ccc(Cl)cc2)c1C)Cc1ccccc1. The number of nitrogens with zero attached hydrogens (tertiary/aromatic N) is 2. The Labute approximate surface area is 202 Å². The molecule has 0 unspecified atom stereocenters. The zero-order chi connectivity index (χ0) is 23.8. The second-order valence-corrected chi connectivity index (χ2v) is 8.86. The summed E-state index contributed by atoms with van der Waals surface area (Å²) in [7, 11) is 0. The normalized spacial score (nSPS) is 11.3. The van der Waals surface area contributed by atoms with Gasteiger partial charge in [0.25, 0.3) is 0 Å². The first-order chi connectivity index (χ1) is 15.9. The summed E-state index contributed by atoms with van der Waals surface area (Å²) in [5.41, 5.74) is 5.47. The van der Waals surface area contributed by atoms with Crippen LogP contribution in [0, 0.1) is 13.8 Å². The van der Waals surface area contributed by atoms with Crippen molar-refractivity contribution in [2.24, 2.45) is 0 Å². The molecule has 33 heavy (non-hydrogen) atoms. The molecule has 6 heteroatoms. The van der Waals surface area contributed by atoms with E-state index >= 15 is 0 Å². The van der Waals surface area contributed by atoms with Gasteiger partial charge in [0, 0.05) is 41.6 Å². The smallest absolute Gasteiger partial charge is 0.337 e. The number of rotatable bonds is 12. The summed E-state index contributed by atoms with van der Waals surface area (Å²) in [5, 5.41) is 14.0. The molecule has 3 rings (SSSR count). The van der Waals surface area contributed by atoms with Gasteiger partial charge >= 0.3 is 5.97 Å². The van der Waals surface area contributed by atoms with E-state index in [1.54, 1.807) is 0 Å². The summed E-state index contributed by atoms with van der Waals surface area (Å²) in [6.45, 7) is 11.0. The molecule has 0 atom stereocenters. The minimum atomic E-state index is -0.873. The number of aromatic carboxylic acids is 1. The molecule has 0 radical (unpaired) electrons. The standard InChI is InChI=1S/C27H34ClN3O2/c1-4-30(18-22-9-6-5-7-10-22)16-8-15-29-17-25-20(2)31(21(3)26(25)27(32)33)19-23-11-13-24(28)14-12-23/h5-7,9-14,29H,4,8,15-19H2,1-3H3,(H,32,33). The van der Waals surface area contributed by atoms with Gasteiger partial charge in [0.05, 0.1) is 5.56 Å². The van der Waals surface area contributed by atoms with Crippen LogP contribution in [0.5, 0.6) is 0 Å². The van der Waals surface area contributed by atoms with Crippen LogP contribution in [0.4, 0.5) is 0 Å². The van der Waals surface area contributed by atoms with Gasteiger partial charge in [-0.2, -0.15) is 0 Å². The second kappa shape index (κ2) is 12.0. The van der Waals surface area contributed by atoms with Gasteiger partial charge in [-0.25, -0.2) is 4.79 Å². The lowest BCUT2D eigenvalue weighted by Crippen LogP contribution is -2.27. The first kappa shape index (κ1) is 25.0. The average molecular weight is 468 g/mol. The average Bonchev–Trinajstić information content (AvgIpc) is 3.04. The molecule has 1 aromatic heterocycles. The highest BCUT2D eigenvalue weighted by Gasteiger charge is 2.22. The molecule has 5 nitrogen and oxygen atoms in total. The number of aromatic nitrogens is 1. The van der Waals surface area contributed by atoms with Crippen LogP contribution in [0.2, 0.25) is 5.02 Å². The molecule has 0 aliphatic carbocycles. The van der Waals surface area contributed by atoms with Gasteiger partial charge in [-0.3, -0.25) is 4.90 Å². The highest BCUT2D eigenvalue weighted by molar-refractivity contribution is 6.30. The monoisotopic (exact) mass is 467 g/mol. The van der Waals surface area contributed by atoms with E-state index in [1.165, 1.54) is 5.56 Å². The molecule has 0 saturated heterocycles. The highest BCUT2D eigenvalue weighted by atomic mass is 35.5. The molecule has 0 saturated carbocycles. The number of nitrogens with one attached hydrogen (secondary N) is 1. The minimum absolute atomic E-state index is 0.410. The lowest BCUT2D eigenvalue weighted by atomic mass is 10.1. The van der Waals surface area contributed by atoms with E-state index in [-0.39, 0.29) is 0 Å². The number of carboxylic acid groups (broad SMARTS) is 1. The molecule has 1 heterocycles. The third kappa shape index (κ3) is 6.70. The molecular formula is C27H34ClN3O2. The molecule has 176 valence electrons. The molecule has 3 aromatic rings. The van der Waals surface area contributed by atoms with Crippen molar-refractivity contribution >= 4 is 17.6 Å². The van der Waals surface area contributed by atoms with Gasteiger partial charge in [-0.15, -0.1) is 0 Å². The third-order valence-electron chi connectivity index (χ3n) is 6.20. The summed E-state index contributed by atoms with van der Waals surface area (Å²) in [4.78, 5) is 14.5. The first-order valence-corrected chi connectivity index (χ1v) is 11.9. The molecule has 0 bridgehead atoms. The molecule has 0 fully saturated rings. The number of halogens is 1. The molecule has 2 aromatic carbocycles. The third-order valence-corrected chi connectivity index (χ3v) is 6.46. The molecule has 0 amide bonds. The van der Waals surface area contributed by atoms with E-state index in [1.807, 2.05) is 44.2 Å². The van der Waals surface area contributed by atoms with Gasteiger partial charge < -0.3 is 15.0 Å². The largest absolute Gasteiger partial charge is 0.478 e. The van der Waals surface area contributed by atoms with Crippen molar-refractivity contribution in [3.8, 4) is 0 Å². The minimum Gasteiger partial charge on any atom is -0.478 e. The predicted molar refractivity (Wildman–Crippen MR) is 135 cm³/mol. The molecule has 0 aliphatic rings. The Balaban J connectivity index is 1.59. The Bertz CT molecular complexity index is 1050. The van der Waals surface area contributed by atoms with Gasteiger partial charge in [-0.05, 0) is 63.2 Å². The fourth-order valence-corrected chi connectivity index (χ4v) is 4.42. The second-order valence-electron chi connectivity index (χ2n) is 8.43. The Morgan fingerprint density at radius 2 is 1.73 bits per heavy atom. The first-order valence-electron chi connectivity index (χ1n) is 11.5. The van der Waals surface area contributed by atoms with Crippen LogP contribution in [0.1, 0.15) is 51.8 Å². The van der Waals surface area contributed by atoms with Crippen molar-refractivity contribution in [1.29, 1.82) is 0 Å². The van der Waals surface area contributed by atoms with Crippen LogP contribution in [0.25, 0.3) is 0 Å². The maximum Gasteiger partial charge on any atom is 0.337 e. The summed E-state index contributed by atoms with van der Waals surface area (Å²) in [6, 6.07) is 18.2. The van der Waals surface area contributed by atoms with E-state index in [0.717, 1.165) is 55.1 Å². The van der Waals surface area contributed by atoms with Crippen LogP contribution in [0.3, 0.4) is 0 Å². The van der Waals surface area contributed by atoms with E-state index in [0.29, 0.717) is 23.7 Å². The fourth-order valence-electron chi connectivity index (χ4n) is 4.29. The summed E-state index contributed by atoms with van der Waals surface area (Å²) < 4.78 is 2.09. The number of hydrogen-bond acceptors (Lipinski definition) is 3. The summed E-state index contributed by atoms with van der Waals surface area (Å²) in [5.74, 6) is -0.873. The topological polar surface area (TPSA) is 57.5 Å². The van der Waals surface area contributed by atoms with Crippen LogP contribution in [-0.2, 0) is 19.6 Å². The lowest BCUT2D eigenvalue weighted by molar-refractivity contribution is 0.0694. The maximum absolute atomic E-state index is 12.0. The number of benzene rings is 2. The molecule has 0 aliphatic heterocycles. The molecule has 2 N–H and O–H groups in total. The van der Waals surface area contributed by atoms with E-state index in [4.69, 9.17) is 11.6 Å². The van der Waals surface area contributed by atoms with Crippen LogP contribution < -0.4 is 5.32 Å². The van der Waals surface area contributed by atoms with Crippen molar-refractivity contribution in [2.75, 3.05) is 19.6 Å². The Morgan fingerprint density at radius 1 is 1.03 bits per heavy atom. The van der Waals surface area contributed by atoms with Crippen molar-refractivity contribution in [2.45, 2.75) is 46.8 Å². The lowest BCUT2D eigenvalue weighted by Gasteiger charge is -2.20. The van der Waals surface area contributed by atoms with Gasteiger partial charge in [-0.1, -0.05) is 61.0 Å². The van der Waals surface area contributed by atoms with Gasteiger partial charge in [0.15, 0.2) is 0 Å². The highest BCUT2D eigenvalue weighted by Crippen LogP contribution is 2.24. The molecular weight excluding hydrogens is 434 g/mol. The van der Waals surface area contributed by atoms with Crippen molar-refractivity contribution < 1.29 is 9.90 Å². The maximum atomic E-state index is 12.0. The zero-order valence-corrected chi connectivity index (χ0v) is 20.5. The van der Waals surface area contributed by atoms with Crippen LogP contribution >= 0.6 is 11.6 Å². The predicted octanol–water partition coefficient (Wildman–Crippen LogP) is 5.51. The number of carbonyl (C=O) groups is 1. The Hall–Kier alpha value is -2.60. The van der Waals surface area contributed by atoms with Gasteiger partial charge in [0.2, 0.25) is 0 Å². The summed E-state index contributed by atoms with van der Waals surface area (Å²) in [6.07, 6.45) is 1.01. The summed E-state index contributed by atoms with van der Waals surface area (Å²) >= 11 is 6.00. The van der Waals surface area contributed by atoms with Crippen molar-refractivity contribution in [3.63, 3.8) is 0 Å².